The minimum Gasteiger partial charge on any atom is -0.493 e. The summed E-state index contributed by atoms with van der Waals surface area (Å²) >= 11 is 1.74. The van der Waals surface area contributed by atoms with Crippen LogP contribution in [0.4, 0.5) is 0 Å². The van der Waals surface area contributed by atoms with Crippen molar-refractivity contribution in [3.63, 3.8) is 0 Å². The van der Waals surface area contributed by atoms with E-state index in [0.29, 0.717) is 6.61 Å². The first-order chi connectivity index (χ1) is 10.4. The Morgan fingerprint density at radius 1 is 1.05 bits per heavy atom. The van der Waals surface area contributed by atoms with Crippen molar-refractivity contribution < 1.29 is 4.74 Å². The normalized spacial score (nSPS) is 10.9. The minimum absolute atomic E-state index is 0.682. The maximum atomic E-state index is 5.72. The van der Waals surface area contributed by atoms with Crippen molar-refractivity contribution in [3.8, 4) is 5.75 Å². The second kappa shape index (κ2) is 6.68. The van der Waals surface area contributed by atoms with Crippen LogP contribution in [0.1, 0.15) is 6.92 Å². The molecule has 0 fully saturated rings. The number of thioether (sulfide) groups is 1. The van der Waals surface area contributed by atoms with Crippen LogP contribution in [0.5, 0.6) is 5.75 Å². The molecule has 0 aliphatic carbocycles. The van der Waals surface area contributed by atoms with Crippen LogP contribution in [0, 0.1) is 0 Å². The van der Waals surface area contributed by atoms with Gasteiger partial charge in [0.05, 0.1) is 17.6 Å². The molecule has 0 aliphatic rings. The summed E-state index contributed by atoms with van der Waals surface area (Å²) < 4.78 is 7.97. The van der Waals surface area contributed by atoms with E-state index in [2.05, 4.69) is 29.7 Å². The monoisotopic (exact) mass is 298 g/mol. The summed E-state index contributed by atoms with van der Waals surface area (Å²) in [5.74, 6) is 1.81. The molecule has 0 saturated heterocycles. The summed E-state index contributed by atoms with van der Waals surface area (Å²) in [4.78, 5) is 4.70. The Balaban J connectivity index is 1.63. The molecular formula is C17H18N2OS. The predicted octanol–water partition coefficient (Wildman–Crippen LogP) is 4.23. The van der Waals surface area contributed by atoms with Gasteiger partial charge in [0.2, 0.25) is 0 Å². The number of ether oxygens (including phenoxy) is 1. The lowest BCUT2D eigenvalue weighted by Crippen LogP contribution is -2.02. The molecule has 1 heterocycles. The first-order valence-electron chi connectivity index (χ1n) is 7.14. The Labute approximate surface area is 129 Å². The number of rotatable bonds is 6. The van der Waals surface area contributed by atoms with Gasteiger partial charge in [0.15, 0.2) is 5.16 Å². The van der Waals surface area contributed by atoms with Gasteiger partial charge in [0.1, 0.15) is 5.75 Å². The smallest absolute Gasteiger partial charge is 0.169 e. The molecule has 3 rings (SSSR count). The highest BCUT2D eigenvalue weighted by Crippen LogP contribution is 2.24. The van der Waals surface area contributed by atoms with Gasteiger partial charge in [0, 0.05) is 12.3 Å². The number of nitrogens with zero attached hydrogens (tertiary/aromatic N) is 2. The van der Waals surface area contributed by atoms with Crippen molar-refractivity contribution >= 4 is 22.8 Å². The molecule has 0 spiro atoms. The van der Waals surface area contributed by atoms with Gasteiger partial charge in [0.25, 0.3) is 0 Å². The summed E-state index contributed by atoms with van der Waals surface area (Å²) in [6, 6.07) is 18.2. The number of benzene rings is 2. The third kappa shape index (κ3) is 3.22. The molecule has 4 heteroatoms. The number of hydrogen-bond acceptors (Lipinski definition) is 3. The van der Waals surface area contributed by atoms with E-state index < -0.39 is 0 Å². The Morgan fingerprint density at radius 2 is 1.81 bits per heavy atom. The lowest BCUT2D eigenvalue weighted by atomic mass is 10.3. The lowest BCUT2D eigenvalue weighted by Gasteiger charge is -2.07. The number of para-hydroxylation sites is 3. The van der Waals surface area contributed by atoms with Crippen molar-refractivity contribution in [1.29, 1.82) is 0 Å². The van der Waals surface area contributed by atoms with E-state index in [1.54, 1.807) is 11.8 Å². The third-order valence-electron chi connectivity index (χ3n) is 3.26. The SMILES string of the molecule is CCn1c(SCCOc2ccccc2)nc2ccccc21. The number of aromatic nitrogens is 2. The third-order valence-corrected chi connectivity index (χ3v) is 4.20. The second-order valence-electron chi connectivity index (χ2n) is 4.64. The fourth-order valence-corrected chi connectivity index (χ4v) is 3.17. The quantitative estimate of drug-likeness (QED) is 0.503. The van der Waals surface area contributed by atoms with Gasteiger partial charge in [-0.2, -0.15) is 0 Å². The van der Waals surface area contributed by atoms with Gasteiger partial charge in [-0.05, 0) is 31.2 Å². The summed E-state index contributed by atoms with van der Waals surface area (Å²) in [6.45, 7) is 3.77. The van der Waals surface area contributed by atoms with Gasteiger partial charge in [-0.15, -0.1) is 0 Å². The van der Waals surface area contributed by atoms with Gasteiger partial charge < -0.3 is 9.30 Å². The highest BCUT2D eigenvalue weighted by atomic mass is 32.2. The van der Waals surface area contributed by atoms with Crippen LogP contribution < -0.4 is 4.74 Å². The van der Waals surface area contributed by atoms with Crippen LogP contribution in [-0.2, 0) is 6.54 Å². The van der Waals surface area contributed by atoms with E-state index in [1.807, 2.05) is 36.4 Å². The Kier molecular flexibility index (Phi) is 4.46. The van der Waals surface area contributed by atoms with E-state index in [1.165, 1.54) is 5.52 Å². The number of imidazole rings is 1. The average Bonchev–Trinajstić information content (AvgIpc) is 2.90. The largest absolute Gasteiger partial charge is 0.493 e. The van der Waals surface area contributed by atoms with E-state index in [4.69, 9.17) is 9.72 Å². The van der Waals surface area contributed by atoms with Crippen molar-refractivity contribution in [1.82, 2.24) is 9.55 Å². The lowest BCUT2D eigenvalue weighted by molar-refractivity contribution is 0.344. The van der Waals surface area contributed by atoms with Crippen LogP contribution in [-0.4, -0.2) is 21.9 Å². The fourth-order valence-electron chi connectivity index (χ4n) is 2.28. The van der Waals surface area contributed by atoms with Gasteiger partial charge in [-0.3, -0.25) is 0 Å². The Bertz CT molecular complexity index is 709. The summed E-state index contributed by atoms with van der Waals surface area (Å²) in [7, 11) is 0. The topological polar surface area (TPSA) is 27.1 Å². The van der Waals surface area contributed by atoms with Crippen LogP contribution in [0.15, 0.2) is 59.8 Å². The molecule has 0 N–H and O–H groups in total. The zero-order valence-corrected chi connectivity index (χ0v) is 12.8. The highest BCUT2D eigenvalue weighted by molar-refractivity contribution is 7.99. The van der Waals surface area contributed by atoms with E-state index in [9.17, 15) is 0 Å². The first kappa shape index (κ1) is 14.0. The second-order valence-corrected chi connectivity index (χ2v) is 5.70. The molecular weight excluding hydrogens is 280 g/mol. The minimum atomic E-state index is 0.682. The van der Waals surface area contributed by atoms with Gasteiger partial charge >= 0.3 is 0 Å². The maximum absolute atomic E-state index is 5.72. The zero-order chi connectivity index (χ0) is 14.5. The summed E-state index contributed by atoms with van der Waals surface area (Å²) in [5, 5.41) is 1.07. The van der Waals surface area contributed by atoms with E-state index in [0.717, 1.165) is 28.7 Å². The Hall–Kier alpha value is -1.94. The average molecular weight is 298 g/mol. The zero-order valence-electron chi connectivity index (χ0n) is 12.0. The number of aryl methyl sites for hydroxylation is 1. The molecule has 3 nitrogen and oxygen atoms in total. The first-order valence-corrected chi connectivity index (χ1v) is 8.13. The molecule has 0 atom stereocenters. The van der Waals surface area contributed by atoms with Gasteiger partial charge in [-0.1, -0.05) is 42.1 Å². The van der Waals surface area contributed by atoms with Gasteiger partial charge in [-0.25, -0.2) is 4.98 Å². The van der Waals surface area contributed by atoms with E-state index >= 15 is 0 Å². The number of fused-ring (bicyclic) bond motifs is 1. The molecule has 2 aromatic carbocycles. The maximum Gasteiger partial charge on any atom is 0.169 e. The van der Waals surface area contributed by atoms with E-state index in [-0.39, 0.29) is 0 Å². The number of hydrogen-bond donors (Lipinski definition) is 0. The van der Waals surface area contributed by atoms with Crippen LogP contribution in [0.25, 0.3) is 11.0 Å². The summed E-state index contributed by atoms with van der Waals surface area (Å²) in [6.07, 6.45) is 0. The molecule has 108 valence electrons. The van der Waals surface area contributed by atoms with Crippen molar-refractivity contribution in [2.45, 2.75) is 18.6 Å². The molecule has 1 aromatic heterocycles. The predicted molar refractivity (Wildman–Crippen MR) is 88.1 cm³/mol. The summed E-state index contributed by atoms with van der Waals surface area (Å²) in [5.41, 5.74) is 2.26. The molecule has 0 bridgehead atoms. The standard InChI is InChI=1S/C17H18N2OS/c1-2-19-16-11-7-6-10-15(16)18-17(19)21-13-12-20-14-8-4-3-5-9-14/h3-11H,2,12-13H2,1H3. The van der Waals surface area contributed by atoms with Crippen LogP contribution in [0.3, 0.4) is 0 Å². The molecule has 0 radical (unpaired) electrons. The van der Waals surface area contributed by atoms with Crippen LogP contribution >= 0.6 is 11.8 Å². The molecule has 0 aliphatic heterocycles. The Morgan fingerprint density at radius 3 is 2.62 bits per heavy atom. The molecule has 0 unspecified atom stereocenters. The fraction of sp³-hybridized carbons (Fsp3) is 0.235. The van der Waals surface area contributed by atoms with Crippen molar-refractivity contribution in [3.05, 3.63) is 54.6 Å². The molecule has 0 amide bonds. The highest BCUT2D eigenvalue weighted by Gasteiger charge is 2.09. The molecule has 21 heavy (non-hydrogen) atoms. The van der Waals surface area contributed by atoms with Crippen molar-refractivity contribution in [2.75, 3.05) is 12.4 Å². The van der Waals surface area contributed by atoms with Crippen molar-refractivity contribution in [2.24, 2.45) is 0 Å². The molecule has 0 saturated carbocycles. The molecule has 3 aromatic rings. The van der Waals surface area contributed by atoms with Crippen LogP contribution in [0.2, 0.25) is 0 Å².